The van der Waals surface area contributed by atoms with Crippen LogP contribution in [-0.4, -0.2) is 23.0 Å². The average molecular weight is 319 g/mol. The third kappa shape index (κ3) is 3.88. The average Bonchev–Trinajstić information content (AvgIpc) is 2.62. The molecule has 0 saturated heterocycles. The zero-order chi connectivity index (χ0) is 16.8. The second-order valence-electron chi connectivity index (χ2n) is 6.01. The van der Waals surface area contributed by atoms with Crippen LogP contribution < -0.4 is 0 Å². The van der Waals surface area contributed by atoms with Gasteiger partial charge in [0.2, 0.25) is 0 Å². The van der Waals surface area contributed by atoms with Gasteiger partial charge in [0.05, 0.1) is 24.8 Å². The molecule has 0 atom stereocenters. The lowest BCUT2D eigenvalue weighted by Crippen LogP contribution is -2.31. The van der Waals surface area contributed by atoms with Crippen LogP contribution in [0.3, 0.4) is 0 Å². The van der Waals surface area contributed by atoms with E-state index in [1.165, 1.54) is 22.3 Å². The highest BCUT2D eigenvalue weighted by molar-refractivity contribution is 5.35. The van der Waals surface area contributed by atoms with E-state index >= 15 is 0 Å². The predicted molar refractivity (Wildman–Crippen MR) is 93.1 cm³/mol. The first-order valence-corrected chi connectivity index (χ1v) is 8.15. The van der Waals surface area contributed by atoms with Gasteiger partial charge < -0.3 is 4.74 Å². The van der Waals surface area contributed by atoms with Crippen LogP contribution in [0.4, 0.5) is 0 Å². The number of hydrogen-bond acceptors (Lipinski definition) is 4. The van der Waals surface area contributed by atoms with Crippen LogP contribution in [0.5, 0.6) is 0 Å². The Hall–Kier alpha value is -2.48. The molecule has 1 aromatic carbocycles. The first-order chi connectivity index (χ1) is 11.8. The van der Waals surface area contributed by atoms with Crippen molar-refractivity contribution >= 4 is 0 Å². The Balaban J connectivity index is 1.69. The van der Waals surface area contributed by atoms with E-state index in [0.717, 1.165) is 26.1 Å². The Labute approximate surface area is 143 Å². The second kappa shape index (κ2) is 7.87. The van der Waals surface area contributed by atoms with Crippen molar-refractivity contribution < 1.29 is 4.74 Å². The Bertz CT molecular complexity index is 764. The van der Waals surface area contributed by atoms with Crippen LogP contribution >= 0.6 is 0 Å². The molecule has 0 spiro atoms. The molecule has 0 bridgehead atoms. The molecule has 1 aliphatic heterocycles. The summed E-state index contributed by atoms with van der Waals surface area (Å²) in [5.41, 5.74) is 5.72. The first kappa shape index (κ1) is 16.4. The van der Waals surface area contributed by atoms with E-state index in [1.54, 1.807) is 6.08 Å². The molecular weight excluding hydrogens is 298 g/mol. The van der Waals surface area contributed by atoms with Crippen LogP contribution in [0.25, 0.3) is 0 Å². The summed E-state index contributed by atoms with van der Waals surface area (Å²) in [6.07, 6.45) is 6.64. The van der Waals surface area contributed by atoms with Gasteiger partial charge in [0, 0.05) is 32.0 Å². The first-order valence-electron chi connectivity index (χ1n) is 8.15. The van der Waals surface area contributed by atoms with E-state index in [4.69, 9.17) is 10.00 Å². The van der Waals surface area contributed by atoms with Crippen molar-refractivity contribution in [2.24, 2.45) is 0 Å². The van der Waals surface area contributed by atoms with Crippen molar-refractivity contribution in [3.63, 3.8) is 0 Å². The van der Waals surface area contributed by atoms with E-state index in [2.05, 4.69) is 28.6 Å². The topological polar surface area (TPSA) is 49.1 Å². The lowest BCUT2D eigenvalue weighted by molar-refractivity contribution is 0.147. The number of hydrogen-bond donors (Lipinski definition) is 0. The van der Waals surface area contributed by atoms with Gasteiger partial charge in [-0.15, -0.1) is 6.58 Å². The molecular formula is C20H21N3O. The third-order valence-electron chi connectivity index (χ3n) is 4.26. The highest BCUT2D eigenvalue weighted by Crippen LogP contribution is 2.23. The molecule has 0 unspecified atom stereocenters. The van der Waals surface area contributed by atoms with Gasteiger partial charge in [0.1, 0.15) is 0 Å². The largest absolute Gasteiger partial charge is 0.373 e. The molecule has 2 heterocycles. The van der Waals surface area contributed by atoms with Crippen molar-refractivity contribution in [1.29, 1.82) is 5.26 Å². The molecule has 1 aromatic heterocycles. The van der Waals surface area contributed by atoms with Crippen molar-refractivity contribution in [3.8, 4) is 6.07 Å². The standard InChI is InChI=1S/C20H21N3O/c1-2-8-24-15-19-12-22-11-18-14-23(7-6-20(18)19)13-17-5-3-4-16(9-17)10-21/h2-5,9,11-12H,1,6-8,13-15H2. The minimum absolute atomic E-state index is 0.561. The zero-order valence-corrected chi connectivity index (χ0v) is 13.7. The lowest BCUT2D eigenvalue weighted by Gasteiger charge is -2.29. The van der Waals surface area contributed by atoms with E-state index < -0.39 is 0 Å². The molecule has 3 rings (SSSR count). The van der Waals surface area contributed by atoms with Crippen molar-refractivity contribution in [3.05, 3.63) is 77.1 Å². The number of aromatic nitrogens is 1. The van der Waals surface area contributed by atoms with Gasteiger partial charge >= 0.3 is 0 Å². The predicted octanol–water partition coefficient (Wildman–Crippen LogP) is 3.21. The lowest BCUT2D eigenvalue weighted by atomic mass is 9.97. The van der Waals surface area contributed by atoms with Crippen LogP contribution in [-0.2, 0) is 30.9 Å². The number of nitriles is 1. The van der Waals surface area contributed by atoms with E-state index in [1.807, 2.05) is 30.6 Å². The monoisotopic (exact) mass is 319 g/mol. The van der Waals surface area contributed by atoms with Crippen LogP contribution in [0, 0.1) is 11.3 Å². The summed E-state index contributed by atoms with van der Waals surface area (Å²) in [6, 6.07) is 10.0. The molecule has 0 aliphatic carbocycles. The molecule has 0 radical (unpaired) electrons. The minimum atomic E-state index is 0.561. The maximum Gasteiger partial charge on any atom is 0.0991 e. The molecule has 0 saturated carbocycles. The summed E-state index contributed by atoms with van der Waals surface area (Å²) >= 11 is 0. The summed E-state index contributed by atoms with van der Waals surface area (Å²) in [5.74, 6) is 0. The summed E-state index contributed by atoms with van der Waals surface area (Å²) in [6.45, 7) is 7.56. The van der Waals surface area contributed by atoms with Crippen LogP contribution in [0.15, 0.2) is 49.3 Å². The number of rotatable bonds is 6. The fraction of sp³-hybridized carbons (Fsp3) is 0.300. The number of benzene rings is 1. The Kier molecular flexibility index (Phi) is 5.37. The molecule has 0 fully saturated rings. The third-order valence-corrected chi connectivity index (χ3v) is 4.26. The number of ether oxygens (including phenoxy) is 1. The molecule has 122 valence electrons. The molecule has 1 aliphatic rings. The fourth-order valence-corrected chi connectivity index (χ4v) is 3.14. The Morgan fingerprint density at radius 1 is 1.38 bits per heavy atom. The number of pyridine rings is 1. The second-order valence-corrected chi connectivity index (χ2v) is 6.01. The molecule has 0 N–H and O–H groups in total. The van der Waals surface area contributed by atoms with Gasteiger partial charge in [0.25, 0.3) is 0 Å². The summed E-state index contributed by atoms with van der Waals surface area (Å²) in [4.78, 5) is 6.77. The summed E-state index contributed by atoms with van der Waals surface area (Å²) in [7, 11) is 0. The molecule has 2 aromatic rings. The Morgan fingerprint density at radius 3 is 3.12 bits per heavy atom. The molecule has 4 nitrogen and oxygen atoms in total. The quantitative estimate of drug-likeness (QED) is 0.606. The van der Waals surface area contributed by atoms with E-state index in [0.29, 0.717) is 18.8 Å². The summed E-state index contributed by atoms with van der Waals surface area (Å²) in [5, 5.41) is 9.03. The maximum atomic E-state index is 9.03. The van der Waals surface area contributed by atoms with Gasteiger partial charge in [-0.25, -0.2) is 0 Å². The van der Waals surface area contributed by atoms with E-state index in [9.17, 15) is 0 Å². The molecule has 24 heavy (non-hydrogen) atoms. The van der Waals surface area contributed by atoms with Gasteiger partial charge in [-0.1, -0.05) is 18.2 Å². The summed E-state index contributed by atoms with van der Waals surface area (Å²) < 4.78 is 5.58. The zero-order valence-electron chi connectivity index (χ0n) is 13.7. The van der Waals surface area contributed by atoms with Gasteiger partial charge in [0.15, 0.2) is 0 Å². The molecule has 0 amide bonds. The number of nitrogens with zero attached hydrogens (tertiary/aromatic N) is 3. The van der Waals surface area contributed by atoms with Crippen molar-refractivity contribution in [2.75, 3.05) is 13.2 Å². The van der Waals surface area contributed by atoms with Gasteiger partial charge in [-0.05, 0) is 40.8 Å². The maximum absolute atomic E-state index is 9.03. The van der Waals surface area contributed by atoms with Crippen LogP contribution in [0.1, 0.15) is 27.8 Å². The fourth-order valence-electron chi connectivity index (χ4n) is 3.14. The Morgan fingerprint density at radius 2 is 2.29 bits per heavy atom. The van der Waals surface area contributed by atoms with Crippen molar-refractivity contribution in [1.82, 2.24) is 9.88 Å². The molecule has 4 heteroatoms. The normalized spacial score (nSPS) is 14.0. The highest BCUT2D eigenvalue weighted by atomic mass is 16.5. The van der Waals surface area contributed by atoms with Crippen LogP contribution in [0.2, 0.25) is 0 Å². The van der Waals surface area contributed by atoms with Gasteiger partial charge in [-0.3, -0.25) is 9.88 Å². The highest BCUT2D eigenvalue weighted by Gasteiger charge is 2.19. The van der Waals surface area contributed by atoms with Crippen molar-refractivity contribution in [2.45, 2.75) is 26.1 Å². The number of fused-ring (bicyclic) bond motifs is 1. The van der Waals surface area contributed by atoms with Gasteiger partial charge in [-0.2, -0.15) is 5.26 Å². The van der Waals surface area contributed by atoms with E-state index in [-0.39, 0.29) is 0 Å². The minimum Gasteiger partial charge on any atom is -0.373 e. The SMILES string of the molecule is C=CCOCc1cncc2c1CCN(Cc1cccc(C#N)c1)C2. The smallest absolute Gasteiger partial charge is 0.0991 e.